The first kappa shape index (κ1) is 15.0. The summed E-state index contributed by atoms with van der Waals surface area (Å²) in [5.74, 6) is 0. The van der Waals surface area contributed by atoms with Crippen LogP contribution >= 0.6 is 0 Å². The minimum absolute atomic E-state index is 0.0954. The van der Waals surface area contributed by atoms with Gasteiger partial charge in [0.05, 0.1) is 19.8 Å². The number of aliphatic hydroxyl groups excluding tert-OH is 2. The third-order valence-electron chi connectivity index (χ3n) is 2.01. The van der Waals surface area contributed by atoms with E-state index in [9.17, 15) is 0 Å². The SMILES string of the molecule is CO[Si](CCOCC(O)CO)(OC)OC. The van der Waals surface area contributed by atoms with Gasteiger partial charge in [-0.05, 0) is 0 Å². The number of aliphatic hydroxyl groups is 2. The number of hydrogen-bond donors (Lipinski definition) is 2. The Hall–Kier alpha value is -0.0231. The molecule has 0 aliphatic heterocycles. The van der Waals surface area contributed by atoms with Gasteiger partial charge in [-0.15, -0.1) is 0 Å². The molecule has 1 unspecified atom stereocenters. The maximum absolute atomic E-state index is 9.00. The van der Waals surface area contributed by atoms with Crippen molar-refractivity contribution >= 4 is 8.80 Å². The largest absolute Gasteiger partial charge is 0.502 e. The summed E-state index contributed by atoms with van der Waals surface area (Å²) in [7, 11) is 2.02. The molecular weight excluding hydrogens is 220 g/mol. The maximum Gasteiger partial charge on any atom is 0.502 e. The second-order valence-electron chi connectivity index (χ2n) is 2.96. The summed E-state index contributed by atoms with van der Waals surface area (Å²) in [6.45, 7) is 0.151. The molecule has 0 saturated carbocycles. The Morgan fingerprint density at radius 3 is 2.07 bits per heavy atom. The summed E-state index contributed by atoms with van der Waals surface area (Å²) in [5, 5.41) is 17.5. The highest BCUT2D eigenvalue weighted by Gasteiger charge is 2.37. The predicted octanol–water partition coefficient (Wildman–Crippen LogP) is -0.766. The second-order valence-corrected chi connectivity index (χ2v) is 6.05. The van der Waals surface area contributed by atoms with Crippen LogP contribution in [0.5, 0.6) is 0 Å². The molecule has 6 nitrogen and oxygen atoms in total. The van der Waals surface area contributed by atoms with E-state index in [4.69, 9.17) is 28.2 Å². The zero-order chi connectivity index (χ0) is 11.7. The van der Waals surface area contributed by atoms with Gasteiger partial charge in [0.2, 0.25) is 0 Å². The molecule has 7 heteroatoms. The Balaban J connectivity index is 3.72. The van der Waals surface area contributed by atoms with Crippen LogP contribution in [0.15, 0.2) is 0 Å². The monoisotopic (exact) mass is 240 g/mol. The standard InChI is InChI=1S/C8H20O6Si/c1-11-15(12-2,13-3)5-4-14-7-8(10)6-9/h8-10H,4-7H2,1-3H3. The van der Waals surface area contributed by atoms with Crippen molar-refractivity contribution in [3.05, 3.63) is 0 Å². The molecule has 0 spiro atoms. The normalized spacial score (nSPS) is 14.2. The zero-order valence-electron chi connectivity index (χ0n) is 9.43. The van der Waals surface area contributed by atoms with E-state index in [1.54, 1.807) is 0 Å². The molecule has 0 radical (unpaired) electrons. The molecular formula is C8H20O6Si. The lowest BCUT2D eigenvalue weighted by Gasteiger charge is -2.24. The van der Waals surface area contributed by atoms with Gasteiger partial charge in [0.25, 0.3) is 0 Å². The highest BCUT2D eigenvalue weighted by Crippen LogP contribution is 2.12. The molecule has 15 heavy (non-hydrogen) atoms. The fourth-order valence-corrected chi connectivity index (χ4v) is 2.53. The lowest BCUT2D eigenvalue weighted by Crippen LogP contribution is -2.43. The van der Waals surface area contributed by atoms with Gasteiger partial charge in [0.15, 0.2) is 0 Å². The van der Waals surface area contributed by atoms with Crippen LogP contribution in [0.4, 0.5) is 0 Å². The first-order chi connectivity index (χ1) is 7.14. The van der Waals surface area contributed by atoms with Gasteiger partial charge in [0, 0.05) is 27.4 Å². The van der Waals surface area contributed by atoms with Crippen LogP contribution in [0.25, 0.3) is 0 Å². The minimum Gasteiger partial charge on any atom is -0.394 e. The van der Waals surface area contributed by atoms with E-state index in [2.05, 4.69) is 0 Å². The fourth-order valence-electron chi connectivity index (χ4n) is 1.03. The first-order valence-corrected chi connectivity index (χ1v) is 6.59. The Morgan fingerprint density at radius 1 is 1.13 bits per heavy atom. The van der Waals surface area contributed by atoms with Crippen LogP contribution in [0, 0.1) is 0 Å². The van der Waals surface area contributed by atoms with Crippen LogP contribution in [0.3, 0.4) is 0 Å². The van der Waals surface area contributed by atoms with Gasteiger partial charge in [-0.2, -0.15) is 0 Å². The summed E-state index contributed by atoms with van der Waals surface area (Å²) in [6.07, 6.45) is -0.839. The Labute approximate surface area is 91.1 Å². The van der Waals surface area contributed by atoms with Crippen molar-refractivity contribution in [2.24, 2.45) is 0 Å². The smallest absolute Gasteiger partial charge is 0.394 e. The van der Waals surface area contributed by atoms with Crippen LogP contribution in [0.1, 0.15) is 0 Å². The summed E-state index contributed by atoms with van der Waals surface area (Å²) in [6, 6.07) is 0.509. The summed E-state index contributed by atoms with van der Waals surface area (Å²) in [4.78, 5) is 0. The summed E-state index contributed by atoms with van der Waals surface area (Å²) < 4.78 is 20.6. The van der Waals surface area contributed by atoms with Gasteiger partial charge in [-0.1, -0.05) is 0 Å². The molecule has 0 saturated heterocycles. The van der Waals surface area contributed by atoms with E-state index in [1.165, 1.54) is 21.3 Å². The van der Waals surface area contributed by atoms with Gasteiger partial charge in [-0.3, -0.25) is 0 Å². The van der Waals surface area contributed by atoms with Gasteiger partial charge in [-0.25, -0.2) is 0 Å². The molecule has 0 rings (SSSR count). The Morgan fingerprint density at radius 2 is 1.67 bits per heavy atom. The first-order valence-electron chi connectivity index (χ1n) is 4.66. The third-order valence-corrected chi connectivity index (χ3v) is 4.69. The van der Waals surface area contributed by atoms with Crippen molar-refractivity contribution in [3.8, 4) is 0 Å². The van der Waals surface area contributed by atoms with Crippen LogP contribution < -0.4 is 0 Å². The van der Waals surface area contributed by atoms with Crippen molar-refractivity contribution in [1.82, 2.24) is 0 Å². The molecule has 0 heterocycles. The molecule has 1 atom stereocenters. The van der Waals surface area contributed by atoms with Crippen molar-refractivity contribution in [3.63, 3.8) is 0 Å². The predicted molar refractivity (Wildman–Crippen MR) is 55.5 cm³/mol. The number of hydrogen-bond acceptors (Lipinski definition) is 6. The average molecular weight is 240 g/mol. The van der Waals surface area contributed by atoms with Crippen LogP contribution in [-0.4, -0.2) is 66.3 Å². The Kier molecular flexibility index (Phi) is 8.15. The van der Waals surface area contributed by atoms with E-state index in [0.29, 0.717) is 12.7 Å². The zero-order valence-corrected chi connectivity index (χ0v) is 10.4. The molecule has 2 N–H and O–H groups in total. The van der Waals surface area contributed by atoms with E-state index in [-0.39, 0.29) is 13.2 Å². The second kappa shape index (κ2) is 8.17. The average Bonchev–Trinajstić information content (AvgIpc) is 2.30. The number of ether oxygens (including phenoxy) is 1. The quantitative estimate of drug-likeness (QED) is 0.407. The van der Waals surface area contributed by atoms with E-state index < -0.39 is 14.9 Å². The van der Waals surface area contributed by atoms with Crippen molar-refractivity contribution in [2.45, 2.75) is 12.1 Å². The molecule has 0 aliphatic rings. The van der Waals surface area contributed by atoms with E-state index in [0.717, 1.165) is 0 Å². The van der Waals surface area contributed by atoms with Crippen molar-refractivity contribution in [2.75, 3.05) is 41.2 Å². The minimum atomic E-state index is -2.57. The van der Waals surface area contributed by atoms with E-state index >= 15 is 0 Å². The molecule has 0 fully saturated rings. The topological polar surface area (TPSA) is 77.4 Å². The highest BCUT2D eigenvalue weighted by atomic mass is 28.4. The molecule has 0 aliphatic carbocycles. The molecule has 0 amide bonds. The summed E-state index contributed by atoms with van der Waals surface area (Å²) >= 11 is 0. The molecule has 0 aromatic rings. The van der Waals surface area contributed by atoms with Gasteiger partial charge in [0.1, 0.15) is 6.10 Å². The maximum atomic E-state index is 9.00. The van der Waals surface area contributed by atoms with E-state index in [1.807, 2.05) is 0 Å². The van der Waals surface area contributed by atoms with Crippen LogP contribution in [0.2, 0.25) is 6.04 Å². The summed E-state index contributed by atoms with van der Waals surface area (Å²) in [5.41, 5.74) is 0. The van der Waals surface area contributed by atoms with Gasteiger partial charge >= 0.3 is 8.80 Å². The molecule has 92 valence electrons. The number of rotatable bonds is 9. The van der Waals surface area contributed by atoms with Crippen LogP contribution in [-0.2, 0) is 18.0 Å². The third kappa shape index (κ3) is 5.57. The highest BCUT2D eigenvalue weighted by molar-refractivity contribution is 6.60. The lowest BCUT2D eigenvalue weighted by atomic mass is 10.4. The van der Waals surface area contributed by atoms with Crippen molar-refractivity contribution < 1.29 is 28.2 Å². The van der Waals surface area contributed by atoms with Gasteiger partial charge < -0.3 is 28.2 Å². The fraction of sp³-hybridized carbons (Fsp3) is 1.00. The van der Waals surface area contributed by atoms with Crippen molar-refractivity contribution in [1.29, 1.82) is 0 Å². The molecule has 0 bridgehead atoms. The molecule has 0 aromatic heterocycles. The lowest BCUT2D eigenvalue weighted by molar-refractivity contribution is 0.00593. The Bertz CT molecular complexity index is 144. The molecule has 0 aromatic carbocycles.